The van der Waals surface area contributed by atoms with Gasteiger partial charge in [0.05, 0.1) is 31.5 Å². The molecule has 0 aliphatic rings. The van der Waals surface area contributed by atoms with Crippen molar-refractivity contribution in [1.29, 1.82) is 0 Å². The van der Waals surface area contributed by atoms with Gasteiger partial charge in [-0.2, -0.15) is 4.39 Å². The van der Waals surface area contributed by atoms with Crippen molar-refractivity contribution in [2.45, 2.75) is 18.4 Å². The Hall–Kier alpha value is -2.50. The standard InChI is InChI=1S/C19H16ClF3N2O4S2/c1-10-18(23)30-19(24-10)25(9-11-4-5-12(28-2)6-16(11)29-3)31(26,27)17-7-13(20)14(21)8-15(17)22/h4-8H,9H2,1-3H3. The van der Waals surface area contributed by atoms with Crippen LogP contribution in [0.4, 0.5) is 18.3 Å². The Bertz CT molecular complexity index is 1220. The molecule has 0 spiro atoms. The van der Waals surface area contributed by atoms with Crippen LogP contribution in [0.3, 0.4) is 0 Å². The highest BCUT2D eigenvalue weighted by Crippen LogP contribution is 2.35. The van der Waals surface area contributed by atoms with E-state index in [0.29, 0.717) is 39.1 Å². The molecule has 0 aliphatic carbocycles. The first kappa shape index (κ1) is 23.2. The molecule has 12 heteroatoms. The Morgan fingerprint density at radius 3 is 2.39 bits per heavy atom. The third-order valence-electron chi connectivity index (χ3n) is 4.29. The maximum atomic E-state index is 14.4. The molecule has 6 nitrogen and oxygen atoms in total. The van der Waals surface area contributed by atoms with Gasteiger partial charge in [-0.1, -0.05) is 22.9 Å². The van der Waals surface area contributed by atoms with Crippen LogP contribution in [0, 0.1) is 23.7 Å². The van der Waals surface area contributed by atoms with E-state index >= 15 is 0 Å². The molecule has 0 radical (unpaired) electrons. The minimum atomic E-state index is -4.66. The number of anilines is 1. The molecule has 0 saturated carbocycles. The van der Waals surface area contributed by atoms with E-state index in [1.807, 2.05) is 0 Å². The second-order valence-corrected chi connectivity index (χ2v) is 9.41. The molecule has 1 aromatic heterocycles. The van der Waals surface area contributed by atoms with E-state index in [1.54, 1.807) is 12.1 Å². The zero-order valence-electron chi connectivity index (χ0n) is 16.4. The molecule has 0 amide bonds. The lowest BCUT2D eigenvalue weighted by atomic mass is 10.2. The predicted molar refractivity (Wildman–Crippen MR) is 111 cm³/mol. The molecule has 3 aromatic rings. The highest BCUT2D eigenvalue weighted by molar-refractivity contribution is 7.93. The predicted octanol–water partition coefficient (Wildman–Crippen LogP) is 4.93. The topological polar surface area (TPSA) is 68.7 Å². The van der Waals surface area contributed by atoms with Crippen LogP contribution >= 0.6 is 22.9 Å². The first-order chi connectivity index (χ1) is 14.6. The van der Waals surface area contributed by atoms with Crippen molar-refractivity contribution >= 4 is 38.1 Å². The molecule has 0 N–H and O–H groups in total. The fraction of sp³-hybridized carbons (Fsp3) is 0.211. The molecule has 0 fully saturated rings. The SMILES string of the molecule is COc1ccc(CN(c2nc(C)c(F)s2)S(=O)(=O)c2cc(Cl)c(F)cc2F)c(OC)c1. The van der Waals surface area contributed by atoms with E-state index in [0.717, 1.165) is 0 Å². The summed E-state index contributed by atoms with van der Waals surface area (Å²) >= 11 is 6.15. The van der Waals surface area contributed by atoms with Crippen LogP contribution in [0.25, 0.3) is 0 Å². The Labute approximate surface area is 185 Å². The van der Waals surface area contributed by atoms with Crippen LogP contribution < -0.4 is 13.8 Å². The summed E-state index contributed by atoms with van der Waals surface area (Å²) in [6.45, 7) is 0.986. The van der Waals surface area contributed by atoms with Gasteiger partial charge in [-0.3, -0.25) is 0 Å². The van der Waals surface area contributed by atoms with Crippen molar-refractivity contribution in [2.24, 2.45) is 0 Å². The number of benzene rings is 2. The van der Waals surface area contributed by atoms with Crippen molar-refractivity contribution in [3.8, 4) is 11.5 Å². The maximum Gasteiger partial charge on any atom is 0.269 e. The quantitative estimate of drug-likeness (QED) is 0.437. The second kappa shape index (κ2) is 8.93. The minimum absolute atomic E-state index is 0.0282. The largest absolute Gasteiger partial charge is 0.497 e. The fourth-order valence-corrected chi connectivity index (χ4v) is 5.39. The minimum Gasteiger partial charge on any atom is -0.497 e. The average molecular weight is 493 g/mol. The number of aromatic nitrogens is 1. The molecule has 0 aliphatic heterocycles. The summed E-state index contributed by atoms with van der Waals surface area (Å²) in [6, 6.07) is 5.69. The van der Waals surface area contributed by atoms with Gasteiger partial charge in [-0.15, -0.1) is 0 Å². The number of rotatable bonds is 7. The third kappa shape index (κ3) is 4.58. The highest BCUT2D eigenvalue weighted by atomic mass is 35.5. The lowest BCUT2D eigenvalue weighted by Crippen LogP contribution is -2.31. The van der Waals surface area contributed by atoms with E-state index in [1.165, 1.54) is 27.2 Å². The van der Waals surface area contributed by atoms with E-state index in [4.69, 9.17) is 21.1 Å². The van der Waals surface area contributed by atoms with Crippen molar-refractivity contribution in [1.82, 2.24) is 4.98 Å². The first-order valence-electron chi connectivity index (χ1n) is 8.59. The Morgan fingerprint density at radius 1 is 1.10 bits per heavy atom. The van der Waals surface area contributed by atoms with Gasteiger partial charge in [0.25, 0.3) is 10.0 Å². The van der Waals surface area contributed by atoms with Crippen LogP contribution in [0.1, 0.15) is 11.3 Å². The van der Waals surface area contributed by atoms with Crippen molar-refractivity contribution < 1.29 is 31.1 Å². The summed E-state index contributed by atoms with van der Waals surface area (Å²) < 4.78 is 79.9. The van der Waals surface area contributed by atoms with E-state index < -0.39 is 36.7 Å². The van der Waals surface area contributed by atoms with Crippen LogP contribution in [0.15, 0.2) is 35.2 Å². The van der Waals surface area contributed by atoms with Crippen molar-refractivity contribution in [3.63, 3.8) is 0 Å². The Kier molecular flexibility index (Phi) is 6.68. The number of hydrogen-bond acceptors (Lipinski definition) is 6. The Morgan fingerprint density at radius 2 is 1.81 bits per heavy atom. The van der Waals surface area contributed by atoms with E-state index in [9.17, 15) is 21.6 Å². The summed E-state index contributed by atoms with van der Waals surface area (Å²) in [6.07, 6.45) is 0. The molecule has 0 saturated heterocycles. The van der Waals surface area contributed by atoms with Crippen molar-refractivity contribution in [2.75, 3.05) is 18.5 Å². The zero-order valence-corrected chi connectivity index (χ0v) is 18.8. The molecular formula is C19H16ClF3N2O4S2. The number of thiazole rings is 1. The number of sulfonamides is 1. The number of ether oxygens (including phenoxy) is 2. The van der Waals surface area contributed by atoms with Gasteiger partial charge in [-0.05, 0) is 25.1 Å². The van der Waals surface area contributed by atoms with E-state index in [2.05, 4.69) is 4.98 Å². The van der Waals surface area contributed by atoms with Crippen LogP contribution in [-0.4, -0.2) is 27.6 Å². The third-order valence-corrected chi connectivity index (χ3v) is 7.42. The lowest BCUT2D eigenvalue weighted by molar-refractivity contribution is 0.391. The van der Waals surface area contributed by atoms with Gasteiger partial charge < -0.3 is 9.47 Å². The summed E-state index contributed by atoms with van der Waals surface area (Å²) in [7, 11) is -1.83. The van der Waals surface area contributed by atoms with E-state index in [-0.39, 0.29) is 23.1 Å². The molecular weight excluding hydrogens is 477 g/mol. The van der Waals surface area contributed by atoms with Gasteiger partial charge in [0, 0.05) is 17.7 Å². The lowest BCUT2D eigenvalue weighted by Gasteiger charge is -2.23. The molecule has 0 atom stereocenters. The summed E-state index contributed by atoms with van der Waals surface area (Å²) in [5, 5.41) is -1.52. The molecule has 166 valence electrons. The molecule has 3 rings (SSSR count). The molecule has 2 aromatic carbocycles. The van der Waals surface area contributed by atoms with Crippen LogP contribution in [-0.2, 0) is 16.6 Å². The monoisotopic (exact) mass is 492 g/mol. The Balaban J connectivity index is 2.17. The molecule has 1 heterocycles. The maximum absolute atomic E-state index is 14.4. The van der Waals surface area contributed by atoms with Crippen LogP contribution in [0.2, 0.25) is 5.02 Å². The number of aryl methyl sites for hydroxylation is 1. The van der Waals surface area contributed by atoms with Crippen molar-refractivity contribution in [3.05, 3.63) is 63.4 Å². The van der Waals surface area contributed by atoms with Gasteiger partial charge in [0.15, 0.2) is 0 Å². The number of nitrogens with zero attached hydrogens (tertiary/aromatic N) is 2. The first-order valence-corrected chi connectivity index (χ1v) is 11.2. The van der Waals surface area contributed by atoms with Gasteiger partial charge in [0.1, 0.15) is 28.0 Å². The molecule has 0 bridgehead atoms. The summed E-state index contributed by atoms with van der Waals surface area (Å²) in [5.74, 6) is -1.71. The molecule has 0 unspecified atom stereocenters. The van der Waals surface area contributed by atoms with Crippen LogP contribution in [0.5, 0.6) is 11.5 Å². The smallest absolute Gasteiger partial charge is 0.269 e. The number of halogens is 4. The highest BCUT2D eigenvalue weighted by Gasteiger charge is 2.32. The van der Waals surface area contributed by atoms with Gasteiger partial charge in [-0.25, -0.2) is 26.5 Å². The zero-order chi connectivity index (χ0) is 22.9. The number of methoxy groups -OCH3 is 2. The van der Waals surface area contributed by atoms with Gasteiger partial charge >= 0.3 is 0 Å². The summed E-state index contributed by atoms with van der Waals surface area (Å²) in [4.78, 5) is 3.08. The fourth-order valence-electron chi connectivity index (χ4n) is 2.68. The summed E-state index contributed by atoms with van der Waals surface area (Å²) in [5.41, 5.74) is 0.341. The molecule has 31 heavy (non-hydrogen) atoms. The van der Waals surface area contributed by atoms with Gasteiger partial charge in [0.2, 0.25) is 10.3 Å². The number of hydrogen-bond donors (Lipinski definition) is 0. The average Bonchev–Trinajstić information content (AvgIpc) is 3.06. The normalized spacial score (nSPS) is 11.5. The second-order valence-electron chi connectivity index (χ2n) is 6.24.